The Labute approximate surface area is 106 Å². The average Bonchev–Trinajstić information content (AvgIpc) is 2.26. The number of hydrogen-bond donors (Lipinski definition) is 0. The number of halogens is 1. The van der Waals surface area contributed by atoms with Crippen LogP contribution in [0.2, 0.25) is 5.02 Å². The number of nitrogens with zero attached hydrogens (tertiary/aromatic N) is 1. The van der Waals surface area contributed by atoms with Crippen LogP contribution in [0.3, 0.4) is 0 Å². The van der Waals surface area contributed by atoms with Gasteiger partial charge in [-0.25, -0.2) is 0 Å². The molecule has 0 heterocycles. The molecule has 0 N–H and O–H groups in total. The fourth-order valence-electron chi connectivity index (χ4n) is 1.33. The van der Waals surface area contributed by atoms with E-state index in [1.165, 1.54) is 4.90 Å². The number of thioether (sulfide) groups is 1. The summed E-state index contributed by atoms with van der Waals surface area (Å²) in [4.78, 5) is 13.3. The minimum absolute atomic E-state index is 0.0617. The van der Waals surface area contributed by atoms with Crippen molar-refractivity contribution in [1.82, 2.24) is 4.90 Å². The number of amides is 1. The van der Waals surface area contributed by atoms with Gasteiger partial charge in [0, 0.05) is 19.3 Å². The van der Waals surface area contributed by atoms with Gasteiger partial charge < -0.3 is 4.90 Å². The molecule has 0 aliphatic heterocycles. The van der Waals surface area contributed by atoms with Gasteiger partial charge >= 0.3 is 0 Å². The Morgan fingerprint density at radius 1 is 1.44 bits per heavy atom. The largest absolute Gasteiger partial charge is 0.345 e. The Hall–Kier alpha value is -0.670. The van der Waals surface area contributed by atoms with Crippen molar-refractivity contribution >= 4 is 29.3 Å². The van der Waals surface area contributed by atoms with Crippen LogP contribution in [0.4, 0.5) is 0 Å². The highest BCUT2D eigenvalue weighted by Gasteiger charge is 2.14. The molecule has 2 nitrogen and oxygen atoms in total. The summed E-state index contributed by atoms with van der Waals surface area (Å²) in [5.74, 6) is -0.0617. The number of benzene rings is 1. The Balaban J connectivity index is 3.05. The molecular formula is C12H16ClNOS. The van der Waals surface area contributed by atoms with E-state index in [4.69, 9.17) is 11.6 Å². The smallest absolute Gasteiger partial charge is 0.254 e. The maximum absolute atomic E-state index is 11.8. The number of rotatable bonds is 3. The van der Waals surface area contributed by atoms with Crippen molar-refractivity contribution in [2.75, 3.05) is 20.4 Å². The highest BCUT2D eigenvalue weighted by Crippen LogP contribution is 2.29. The molecule has 0 bridgehead atoms. The molecule has 4 heteroatoms. The summed E-state index contributed by atoms with van der Waals surface area (Å²) >= 11 is 7.87. The minimum atomic E-state index is -0.0617. The Morgan fingerprint density at radius 2 is 2.06 bits per heavy atom. The molecule has 0 spiro atoms. The summed E-state index contributed by atoms with van der Waals surface area (Å²) in [7, 11) is 3.44. The first-order valence-corrected chi connectivity index (χ1v) is 6.68. The van der Waals surface area contributed by atoms with Crippen molar-refractivity contribution in [2.24, 2.45) is 0 Å². The van der Waals surface area contributed by atoms with Gasteiger partial charge in [0.15, 0.2) is 0 Å². The Morgan fingerprint density at radius 3 is 2.50 bits per heavy atom. The molecule has 1 aromatic rings. The lowest BCUT2D eigenvalue weighted by molar-refractivity contribution is 0.0828. The van der Waals surface area contributed by atoms with Gasteiger partial charge in [0.1, 0.15) is 0 Å². The van der Waals surface area contributed by atoms with Crippen LogP contribution in [-0.2, 0) is 0 Å². The molecule has 0 radical (unpaired) electrons. The van der Waals surface area contributed by atoms with Crippen LogP contribution in [0.1, 0.15) is 28.1 Å². The van der Waals surface area contributed by atoms with Gasteiger partial charge in [-0.2, -0.15) is 11.8 Å². The quantitative estimate of drug-likeness (QED) is 0.827. The van der Waals surface area contributed by atoms with Gasteiger partial charge in [0.05, 0.1) is 10.6 Å². The second kappa shape index (κ2) is 5.60. The molecule has 1 aromatic carbocycles. The van der Waals surface area contributed by atoms with Crippen molar-refractivity contribution < 1.29 is 4.79 Å². The summed E-state index contributed by atoms with van der Waals surface area (Å²) in [5.41, 5.74) is 1.71. The van der Waals surface area contributed by atoms with Gasteiger partial charge in [-0.3, -0.25) is 4.79 Å². The molecule has 1 rings (SSSR count). The third-order valence-corrected chi connectivity index (χ3v) is 3.74. The number of hydrogen-bond acceptors (Lipinski definition) is 2. The third-order valence-electron chi connectivity index (χ3n) is 2.45. The molecule has 1 unspecified atom stereocenters. The molecule has 0 saturated carbocycles. The molecule has 1 amide bonds. The molecular weight excluding hydrogens is 242 g/mol. The van der Waals surface area contributed by atoms with E-state index in [0.717, 1.165) is 5.56 Å². The first-order chi connectivity index (χ1) is 7.47. The highest BCUT2D eigenvalue weighted by molar-refractivity contribution is 7.98. The summed E-state index contributed by atoms with van der Waals surface area (Å²) in [6.45, 7) is 2.11. The van der Waals surface area contributed by atoms with Crippen LogP contribution in [0.15, 0.2) is 18.2 Å². The van der Waals surface area contributed by atoms with Gasteiger partial charge in [0.2, 0.25) is 0 Å². The van der Waals surface area contributed by atoms with Crippen LogP contribution in [-0.4, -0.2) is 31.2 Å². The van der Waals surface area contributed by atoms with Crippen LogP contribution >= 0.6 is 23.4 Å². The maximum atomic E-state index is 11.8. The van der Waals surface area contributed by atoms with E-state index in [9.17, 15) is 4.79 Å². The molecule has 88 valence electrons. The number of carbonyl (C=O) groups is 1. The number of carbonyl (C=O) groups excluding carboxylic acids is 1. The van der Waals surface area contributed by atoms with Crippen molar-refractivity contribution in [1.29, 1.82) is 0 Å². The third kappa shape index (κ3) is 2.92. The van der Waals surface area contributed by atoms with E-state index >= 15 is 0 Å². The van der Waals surface area contributed by atoms with E-state index < -0.39 is 0 Å². The summed E-state index contributed by atoms with van der Waals surface area (Å²) in [5, 5.41) is 0.915. The molecule has 1 atom stereocenters. The van der Waals surface area contributed by atoms with E-state index in [1.54, 1.807) is 31.9 Å². The SMILES string of the molecule is CSC(C)c1ccc(C(=O)N(C)C)c(Cl)c1. The van der Waals surface area contributed by atoms with Crippen molar-refractivity contribution in [3.05, 3.63) is 34.3 Å². The summed E-state index contributed by atoms with van der Waals surface area (Å²) in [6, 6.07) is 5.63. The van der Waals surface area contributed by atoms with Gasteiger partial charge in [-0.15, -0.1) is 0 Å². The molecule has 0 fully saturated rings. The monoisotopic (exact) mass is 257 g/mol. The topological polar surface area (TPSA) is 20.3 Å². The molecule has 0 aliphatic carbocycles. The predicted octanol–water partition coefficient (Wildman–Crippen LogP) is 3.47. The van der Waals surface area contributed by atoms with Crippen molar-refractivity contribution in [3.8, 4) is 0 Å². The van der Waals surface area contributed by atoms with Crippen molar-refractivity contribution in [3.63, 3.8) is 0 Å². The summed E-state index contributed by atoms with van der Waals surface area (Å²) in [6.07, 6.45) is 2.05. The second-order valence-electron chi connectivity index (χ2n) is 3.82. The summed E-state index contributed by atoms with van der Waals surface area (Å²) < 4.78 is 0. The molecule has 0 aromatic heterocycles. The first kappa shape index (κ1) is 13.4. The predicted molar refractivity (Wildman–Crippen MR) is 71.4 cm³/mol. The van der Waals surface area contributed by atoms with E-state index in [-0.39, 0.29) is 5.91 Å². The van der Waals surface area contributed by atoms with E-state index in [1.807, 2.05) is 12.1 Å². The normalized spacial score (nSPS) is 12.3. The highest BCUT2D eigenvalue weighted by atomic mass is 35.5. The average molecular weight is 258 g/mol. The zero-order valence-corrected chi connectivity index (χ0v) is 11.5. The van der Waals surface area contributed by atoms with Gasteiger partial charge in [-0.1, -0.05) is 17.7 Å². The van der Waals surface area contributed by atoms with Crippen LogP contribution < -0.4 is 0 Å². The Bertz CT molecular complexity index is 393. The van der Waals surface area contributed by atoms with Crippen LogP contribution in [0.25, 0.3) is 0 Å². The van der Waals surface area contributed by atoms with Gasteiger partial charge in [0.25, 0.3) is 5.91 Å². The maximum Gasteiger partial charge on any atom is 0.254 e. The lowest BCUT2D eigenvalue weighted by atomic mass is 10.1. The molecule has 16 heavy (non-hydrogen) atoms. The van der Waals surface area contributed by atoms with Crippen molar-refractivity contribution in [2.45, 2.75) is 12.2 Å². The molecule has 0 aliphatic rings. The zero-order valence-electron chi connectivity index (χ0n) is 9.95. The van der Waals surface area contributed by atoms with Crippen LogP contribution in [0.5, 0.6) is 0 Å². The standard InChI is InChI=1S/C12H16ClNOS/c1-8(16-4)9-5-6-10(11(13)7-9)12(15)14(2)3/h5-8H,1-4H3. The van der Waals surface area contributed by atoms with E-state index in [0.29, 0.717) is 15.8 Å². The van der Waals surface area contributed by atoms with Gasteiger partial charge in [-0.05, 0) is 30.9 Å². The first-order valence-electron chi connectivity index (χ1n) is 5.01. The fraction of sp³-hybridized carbons (Fsp3) is 0.417. The fourth-order valence-corrected chi connectivity index (χ4v) is 2.02. The molecule has 0 saturated heterocycles. The lowest BCUT2D eigenvalue weighted by Crippen LogP contribution is -2.22. The second-order valence-corrected chi connectivity index (χ2v) is 5.40. The Kier molecular flexibility index (Phi) is 4.69. The zero-order chi connectivity index (χ0) is 12.3. The lowest BCUT2D eigenvalue weighted by Gasteiger charge is -2.14. The van der Waals surface area contributed by atoms with E-state index in [2.05, 4.69) is 13.2 Å². The minimum Gasteiger partial charge on any atom is -0.345 e. The van der Waals surface area contributed by atoms with Crippen LogP contribution in [0, 0.1) is 0 Å².